The van der Waals surface area contributed by atoms with Crippen LogP contribution in [0.4, 0.5) is 0 Å². The van der Waals surface area contributed by atoms with Gasteiger partial charge in [0.2, 0.25) is 0 Å². The molecule has 2 bridgehead atoms. The number of fused-ring (bicyclic) bond motifs is 2. The number of piperidine rings is 1. The smallest absolute Gasteiger partial charge is 0.312 e. The third-order valence-corrected chi connectivity index (χ3v) is 3.02. The van der Waals surface area contributed by atoms with Crippen LogP contribution in [0.3, 0.4) is 0 Å². The lowest BCUT2D eigenvalue weighted by molar-refractivity contribution is -0.152. The van der Waals surface area contributed by atoms with Crippen molar-refractivity contribution < 1.29 is 18.8 Å². The van der Waals surface area contributed by atoms with Crippen molar-refractivity contribution in [2.45, 2.75) is 37.5 Å². The van der Waals surface area contributed by atoms with E-state index < -0.39 is 25.0 Å². The summed E-state index contributed by atoms with van der Waals surface area (Å²) in [6, 6.07) is 0.0976. The molecule has 2 saturated heterocycles. The number of aliphatic hydroxyl groups is 1. The van der Waals surface area contributed by atoms with Crippen LogP contribution in [0.1, 0.15) is 23.4 Å². The lowest BCUT2D eigenvalue weighted by atomic mass is 9.89. The topological polar surface area (TPSA) is 58.6 Å². The number of aliphatic hydroxyl groups excluding tert-OH is 1. The number of rotatable bonds is 1. The summed E-state index contributed by atoms with van der Waals surface area (Å²) in [4.78, 5) is 11.6. The summed E-state index contributed by atoms with van der Waals surface area (Å²) in [6.07, 6.45) is 1.38. The minimum Gasteiger partial charge on any atom is -0.469 e. The molecule has 0 radical (unpaired) electrons. The fourth-order valence-electron chi connectivity index (χ4n) is 2.41. The summed E-state index contributed by atoms with van der Waals surface area (Å²) in [5.41, 5.74) is 0. The van der Waals surface area contributed by atoms with Crippen LogP contribution in [0.15, 0.2) is 0 Å². The molecule has 0 saturated carbocycles. The second kappa shape index (κ2) is 3.27. The largest absolute Gasteiger partial charge is 0.469 e. The number of hydrogen-bond acceptors (Lipinski definition) is 4. The summed E-state index contributed by atoms with van der Waals surface area (Å²) in [6.45, 7) is 0. The molecule has 0 aromatic rings. The lowest BCUT2D eigenvalue weighted by Crippen LogP contribution is -2.51. The molecule has 2 aliphatic heterocycles. The molecule has 4 heteroatoms. The molecular formula is C9H15NO3. The first-order valence-corrected chi connectivity index (χ1v) is 4.54. The molecule has 13 heavy (non-hydrogen) atoms. The number of methoxy groups -OCH3 is 1. The van der Waals surface area contributed by atoms with Crippen LogP contribution in [0.2, 0.25) is 0 Å². The van der Waals surface area contributed by atoms with Crippen molar-refractivity contribution in [3.05, 3.63) is 0 Å². The van der Waals surface area contributed by atoms with Gasteiger partial charge in [-0.1, -0.05) is 0 Å². The first-order valence-electron chi connectivity index (χ1n) is 6.04. The Bertz CT molecular complexity index is 294. The van der Waals surface area contributed by atoms with E-state index in [1.54, 1.807) is 0 Å². The minimum atomic E-state index is -2.73. The van der Waals surface area contributed by atoms with Gasteiger partial charge in [0.05, 0.1) is 23.2 Å². The third kappa shape index (κ3) is 1.44. The highest BCUT2D eigenvalue weighted by atomic mass is 16.5. The SMILES string of the molecule is [2H]C([2H])([2H])OC(=O)C1C(O)CC2CCC1N2. The molecule has 0 amide bonds. The zero-order valence-corrected chi connectivity index (χ0v) is 7.19. The Morgan fingerprint density at radius 3 is 3.31 bits per heavy atom. The number of esters is 1. The molecule has 74 valence electrons. The maximum absolute atomic E-state index is 11.6. The van der Waals surface area contributed by atoms with E-state index in [2.05, 4.69) is 10.1 Å². The van der Waals surface area contributed by atoms with Crippen molar-refractivity contribution in [3.63, 3.8) is 0 Å². The van der Waals surface area contributed by atoms with E-state index in [1.807, 2.05) is 0 Å². The summed E-state index contributed by atoms with van der Waals surface area (Å²) in [5.74, 6) is -1.58. The van der Waals surface area contributed by atoms with Gasteiger partial charge in [0.15, 0.2) is 0 Å². The second-order valence-electron chi connectivity index (χ2n) is 3.80. The Morgan fingerprint density at radius 2 is 2.54 bits per heavy atom. The van der Waals surface area contributed by atoms with Gasteiger partial charge in [0.25, 0.3) is 0 Å². The van der Waals surface area contributed by atoms with Gasteiger partial charge in [-0.05, 0) is 19.3 Å². The Labute approximate surface area is 81.5 Å². The predicted octanol–water partition coefficient (Wildman–Crippen LogP) is -0.339. The first-order chi connectivity index (χ1) is 7.37. The van der Waals surface area contributed by atoms with Crippen molar-refractivity contribution in [1.29, 1.82) is 0 Å². The molecule has 2 rings (SSSR count). The molecule has 0 spiro atoms. The maximum atomic E-state index is 11.6. The minimum absolute atomic E-state index is 0.149. The van der Waals surface area contributed by atoms with E-state index in [4.69, 9.17) is 4.11 Å². The van der Waals surface area contributed by atoms with Gasteiger partial charge < -0.3 is 15.2 Å². The van der Waals surface area contributed by atoms with Gasteiger partial charge in [-0.25, -0.2) is 0 Å². The lowest BCUT2D eigenvalue weighted by Gasteiger charge is -2.32. The number of carbonyl (C=O) groups excluding carboxylic acids is 1. The van der Waals surface area contributed by atoms with Gasteiger partial charge in [0.1, 0.15) is 0 Å². The van der Waals surface area contributed by atoms with Gasteiger partial charge in [-0.15, -0.1) is 0 Å². The van der Waals surface area contributed by atoms with E-state index in [1.165, 1.54) is 0 Å². The van der Waals surface area contributed by atoms with Crippen LogP contribution in [0.5, 0.6) is 0 Å². The van der Waals surface area contributed by atoms with Gasteiger partial charge >= 0.3 is 5.97 Å². The van der Waals surface area contributed by atoms with E-state index in [0.717, 1.165) is 12.8 Å². The summed E-state index contributed by atoms with van der Waals surface area (Å²) in [5, 5.41) is 13.0. The Kier molecular flexibility index (Phi) is 1.51. The average molecular weight is 188 g/mol. The molecule has 2 fully saturated rings. The standard InChI is InChI=1S/C9H15NO3/c1-13-9(12)8-6-3-2-5(10-6)4-7(8)11/h5-8,10-11H,2-4H2,1H3/i1D3. The molecule has 4 unspecified atom stereocenters. The fourth-order valence-corrected chi connectivity index (χ4v) is 2.41. The molecule has 2 N–H and O–H groups in total. The molecule has 0 aliphatic carbocycles. The summed E-state index contributed by atoms with van der Waals surface area (Å²) < 4.78 is 25.0. The van der Waals surface area contributed by atoms with Gasteiger partial charge in [0, 0.05) is 12.1 Å². The van der Waals surface area contributed by atoms with Crippen LogP contribution in [-0.2, 0) is 9.53 Å². The fraction of sp³-hybridized carbons (Fsp3) is 0.889. The molecular weight excluding hydrogens is 170 g/mol. The van der Waals surface area contributed by atoms with E-state index in [-0.39, 0.29) is 12.1 Å². The van der Waals surface area contributed by atoms with E-state index in [9.17, 15) is 9.90 Å². The molecule has 4 atom stereocenters. The van der Waals surface area contributed by atoms with Crippen LogP contribution in [0.25, 0.3) is 0 Å². The number of ether oxygens (including phenoxy) is 1. The van der Waals surface area contributed by atoms with Crippen LogP contribution in [0, 0.1) is 5.92 Å². The Balaban J connectivity index is 2.04. The van der Waals surface area contributed by atoms with Crippen LogP contribution >= 0.6 is 0 Å². The molecule has 0 aromatic heterocycles. The van der Waals surface area contributed by atoms with Gasteiger partial charge in [-0.2, -0.15) is 0 Å². The van der Waals surface area contributed by atoms with E-state index in [0.29, 0.717) is 6.42 Å². The Morgan fingerprint density at radius 1 is 1.69 bits per heavy atom. The zero-order valence-electron chi connectivity index (χ0n) is 10.2. The second-order valence-corrected chi connectivity index (χ2v) is 3.80. The van der Waals surface area contributed by atoms with Crippen LogP contribution < -0.4 is 5.32 Å². The predicted molar refractivity (Wildman–Crippen MR) is 46.1 cm³/mol. The summed E-state index contributed by atoms with van der Waals surface area (Å²) in [7, 11) is -2.73. The van der Waals surface area contributed by atoms with E-state index >= 15 is 0 Å². The van der Waals surface area contributed by atoms with Gasteiger partial charge in [-0.3, -0.25) is 4.79 Å². The van der Waals surface area contributed by atoms with Crippen molar-refractivity contribution in [3.8, 4) is 0 Å². The third-order valence-electron chi connectivity index (χ3n) is 3.02. The molecule has 2 aliphatic rings. The summed E-state index contributed by atoms with van der Waals surface area (Å²) >= 11 is 0. The highest BCUT2D eigenvalue weighted by Crippen LogP contribution is 2.32. The van der Waals surface area contributed by atoms with Crippen molar-refractivity contribution in [2.75, 3.05) is 7.04 Å². The first kappa shape index (κ1) is 5.98. The molecule has 2 heterocycles. The Hall–Kier alpha value is -0.610. The zero-order chi connectivity index (χ0) is 11.9. The monoisotopic (exact) mass is 188 g/mol. The van der Waals surface area contributed by atoms with Crippen LogP contribution in [-0.4, -0.2) is 36.3 Å². The van der Waals surface area contributed by atoms with Crippen molar-refractivity contribution in [1.82, 2.24) is 5.32 Å². The van der Waals surface area contributed by atoms with Crippen molar-refractivity contribution in [2.24, 2.45) is 5.92 Å². The van der Waals surface area contributed by atoms with Crippen molar-refractivity contribution >= 4 is 5.97 Å². The number of nitrogens with one attached hydrogen (secondary N) is 1. The molecule has 4 nitrogen and oxygen atoms in total. The normalized spacial score (nSPS) is 47.6. The number of hydrogen-bond donors (Lipinski definition) is 2. The highest BCUT2D eigenvalue weighted by Gasteiger charge is 2.45. The maximum Gasteiger partial charge on any atom is 0.312 e. The highest BCUT2D eigenvalue weighted by molar-refractivity contribution is 5.74. The quantitative estimate of drug-likeness (QED) is 0.553. The number of carbonyl (C=O) groups is 1. The average Bonchev–Trinajstić information content (AvgIpc) is 2.44. The molecule has 0 aromatic carbocycles.